The number of nitro groups is 1. The lowest BCUT2D eigenvalue weighted by Crippen LogP contribution is -2.10. The topological polar surface area (TPSA) is 64.8 Å². The lowest BCUT2D eigenvalue weighted by atomic mass is 10.2. The van der Waals surface area contributed by atoms with Gasteiger partial charge in [-0.1, -0.05) is 11.8 Å². The first-order valence-corrected chi connectivity index (χ1v) is 9.53. The maximum atomic E-state index is 11.4. The molecule has 142 valence electrons. The summed E-state index contributed by atoms with van der Waals surface area (Å²) in [5.74, 6) is 1.32. The van der Waals surface area contributed by atoms with Crippen LogP contribution in [0.2, 0.25) is 0 Å². The van der Waals surface area contributed by atoms with Crippen LogP contribution < -0.4 is 9.47 Å². The highest BCUT2D eigenvalue weighted by atomic mass is 32.2. The van der Waals surface area contributed by atoms with Crippen LogP contribution in [0.3, 0.4) is 0 Å². The minimum Gasteiger partial charge on any atom is -0.493 e. The van der Waals surface area contributed by atoms with Crippen molar-refractivity contribution in [2.75, 3.05) is 27.3 Å². The first kappa shape index (κ1) is 19.1. The molecule has 0 unspecified atom stereocenters. The standard InChI is InChI=1S/C20H22N2O4S/c1-25-19-8-6-17(14-20(19)26-2)27-16-5-7-18(22(23)24)15(13-16)9-12-21-10-3-4-11-21/h5-9,12-14H,3-4,10-11H2,1-2H3/b12-9+. The minimum absolute atomic E-state index is 0.113. The smallest absolute Gasteiger partial charge is 0.276 e. The van der Waals surface area contributed by atoms with Gasteiger partial charge in [0.25, 0.3) is 5.69 Å². The quantitative estimate of drug-likeness (QED) is 0.502. The summed E-state index contributed by atoms with van der Waals surface area (Å²) in [6.07, 6.45) is 6.13. The summed E-state index contributed by atoms with van der Waals surface area (Å²) in [5, 5.41) is 11.4. The number of nitro benzene ring substituents is 1. The van der Waals surface area contributed by atoms with E-state index < -0.39 is 0 Å². The van der Waals surface area contributed by atoms with Gasteiger partial charge in [-0.05, 0) is 55.4 Å². The van der Waals surface area contributed by atoms with Gasteiger partial charge < -0.3 is 14.4 Å². The molecule has 0 atom stereocenters. The summed E-state index contributed by atoms with van der Waals surface area (Å²) < 4.78 is 10.6. The third kappa shape index (κ3) is 4.74. The van der Waals surface area contributed by atoms with Crippen molar-refractivity contribution in [2.24, 2.45) is 0 Å². The SMILES string of the molecule is COc1ccc(Sc2ccc([N+](=O)[O-])c(/C=C/N3CCCC3)c2)cc1OC. The van der Waals surface area contributed by atoms with Crippen molar-refractivity contribution in [3.8, 4) is 11.5 Å². The van der Waals surface area contributed by atoms with Crippen molar-refractivity contribution in [1.82, 2.24) is 4.90 Å². The normalized spacial score (nSPS) is 13.9. The van der Waals surface area contributed by atoms with E-state index in [1.807, 2.05) is 36.5 Å². The second kappa shape index (κ2) is 8.81. The van der Waals surface area contributed by atoms with Gasteiger partial charge in [-0.25, -0.2) is 0 Å². The van der Waals surface area contributed by atoms with Crippen LogP contribution in [0, 0.1) is 10.1 Å². The predicted octanol–water partition coefficient (Wildman–Crippen LogP) is 4.83. The number of rotatable bonds is 7. The van der Waals surface area contributed by atoms with Crippen molar-refractivity contribution < 1.29 is 14.4 Å². The molecule has 0 N–H and O–H groups in total. The van der Waals surface area contributed by atoms with Crippen molar-refractivity contribution in [2.45, 2.75) is 22.6 Å². The van der Waals surface area contributed by atoms with E-state index in [1.165, 1.54) is 24.6 Å². The number of nitrogens with zero attached hydrogens (tertiary/aromatic N) is 2. The molecule has 27 heavy (non-hydrogen) atoms. The second-order valence-corrected chi connectivity index (χ2v) is 7.30. The van der Waals surface area contributed by atoms with E-state index in [0.717, 1.165) is 22.9 Å². The van der Waals surface area contributed by atoms with Crippen LogP contribution in [0.25, 0.3) is 6.08 Å². The number of likely N-dealkylation sites (tertiary alicyclic amines) is 1. The fraction of sp³-hybridized carbons (Fsp3) is 0.300. The molecule has 0 radical (unpaired) electrons. The van der Waals surface area contributed by atoms with Gasteiger partial charge in [0.15, 0.2) is 11.5 Å². The predicted molar refractivity (Wildman–Crippen MR) is 107 cm³/mol. The van der Waals surface area contributed by atoms with E-state index in [0.29, 0.717) is 17.1 Å². The Kier molecular flexibility index (Phi) is 6.24. The molecule has 1 fully saturated rings. The average molecular weight is 386 g/mol. The molecule has 2 aromatic rings. The van der Waals surface area contributed by atoms with Crippen LogP contribution in [0.15, 0.2) is 52.4 Å². The third-order valence-corrected chi connectivity index (χ3v) is 5.37. The van der Waals surface area contributed by atoms with Gasteiger partial charge in [-0.2, -0.15) is 0 Å². The van der Waals surface area contributed by atoms with Gasteiger partial charge in [-0.3, -0.25) is 10.1 Å². The summed E-state index contributed by atoms with van der Waals surface area (Å²) >= 11 is 1.52. The number of hydrogen-bond donors (Lipinski definition) is 0. The molecular weight excluding hydrogens is 364 g/mol. The molecular formula is C20H22N2O4S. The number of benzene rings is 2. The number of ether oxygens (including phenoxy) is 2. The number of methoxy groups -OCH3 is 2. The van der Waals surface area contributed by atoms with E-state index in [-0.39, 0.29) is 10.6 Å². The summed E-state index contributed by atoms with van der Waals surface area (Å²) in [5.41, 5.74) is 0.722. The van der Waals surface area contributed by atoms with E-state index >= 15 is 0 Å². The third-order valence-electron chi connectivity index (χ3n) is 4.39. The van der Waals surface area contributed by atoms with Crippen LogP contribution in [0.5, 0.6) is 11.5 Å². The second-order valence-electron chi connectivity index (χ2n) is 6.16. The van der Waals surface area contributed by atoms with Gasteiger partial charge in [0, 0.05) is 28.9 Å². The molecule has 0 aliphatic carbocycles. The molecule has 1 saturated heterocycles. The fourth-order valence-electron chi connectivity index (χ4n) is 2.99. The van der Waals surface area contributed by atoms with Crippen molar-refractivity contribution in [1.29, 1.82) is 0 Å². The van der Waals surface area contributed by atoms with Crippen LogP contribution in [0.4, 0.5) is 5.69 Å². The van der Waals surface area contributed by atoms with Gasteiger partial charge in [0.1, 0.15) is 0 Å². The molecule has 0 amide bonds. The molecule has 0 bridgehead atoms. The Bertz CT molecular complexity index is 848. The van der Waals surface area contributed by atoms with Gasteiger partial charge in [-0.15, -0.1) is 0 Å². The Morgan fingerprint density at radius 3 is 2.37 bits per heavy atom. The highest BCUT2D eigenvalue weighted by molar-refractivity contribution is 7.99. The Morgan fingerprint density at radius 1 is 1.04 bits per heavy atom. The van der Waals surface area contributed by atoms with Crippen LogP contribution in [0.1, 0.15) is 18.4 Å². The highest BCUT2D eigenvalue weighted by Crippen LogP contribution is 2.36. The summed E-state index contributed by atoms with van der Waals surface area (Å²) in [6.45, 7) is 2.01. The van der Waals surface area contributed by atoms with Crippen molar-refractivity contribution >= 4 is 23.5 Å². The Hall–Kier alpha value is -2.67. The maximum absolute atomic E-state index is 11.4. The Balaban J connectivity index is 1.85. The van der Waals surface area contributed by atoms with Crippen molar-refractivity contribution in [3.05, 3.63) is 58.3 Å². The first-order chi connectivity index (χ1) is 13.1. The fourth-order valence-corrected chi connectivity index (χ4v) is 3.88. The molecule has 0 saturated carbocycles. The lowest BCUT2D eigenvalue weighted by Gasteiger charge is -2.11. The molecule has 0 aromatic heterocycles. The molecule has 0 spiro atoms. The lowest BCUT2D eigenvalue weighted by molar-refractivity contribution is -0.385. The van der Waals surface area contributed by atoms with Crippen LogP contribution in [-0.4, -0.2) is 37.1 Å². The largest absolute Gasteiger partial charge is 0.493 e. The van der Waals surface area contributed by atoms with Gasteiger partial charge >= 0.3 is 0 Å². The zero-order chi connectivity index (χ0) is 19.2. The summed E-state index contributed by atoms with van der Waals surface area (Å²) in [7, 11) is 3.19. The maximum Gasteiger partial charge on any atom is 0.276 e. The molecule has 1 aliphatic rings. The summed E-state index contributed by atoms with van der Waals surface area (Å²) in [6, 6.07) is 10.9. The number of hydrogen-bond acceptors (Lipinski definition) is 6. The molecule has 2 aromatic carbocycles. The van der Waals surface area contributed by atoms with E-state index in [1.54, 1.807) is 26.4 Å². The van der Waals surface area contributed by atoms with E-state index in [2.05, 4.69) is 4.90 Å². The summed E-state index contributed by atoms with van der Waals surface area (Å²) in [4.78, 5) is 15.1. The van der Waals surface area contributed by atoms with Gasteiger partial charge in [0.2, 0.25) is 0 Å². The molecule has 3 rings (SSSR count). The zero-order valence-electron chi connectivity index (χ0n) is 15.4. The molecule has 7 heteroatoms. The molecule has 6 nitrogen and oxygen atoms in total. The van der Waals surface area contributed by atoms with Crippen LogP contribution in [-0.2, 0) is 0 Å². The van der Waals surface area contributed by atoms with Crippen molar-refractivity contribution in [3.63, 3.8) is 0 Å². The van der Waals surface area contributed by atoms with E-state index in [9.17, 15) is 10.1 Å². The minimum atomic E-state index is -0.339. The first-order valence-electron chi connectivity index (χ1n) is 8.71. The van der Waals surface area contributed by atoms with Crippen LogP contribution >= 0.6 is 11.8 Å². The Morgan fingerprint density at radius 2 is 1.70 bits per heavy atom. The molecule has 1 aliphatic heterocycles. The Labute approximate surface area is 162 Å². The highest BCUT2D eigenvalue weighted by Gasteiger charge is 2.14. The van der Waals surface area contributed by atoms with E-state index in [4.69, 9.17) is 9.47 Å². The van der Waals surface area contributed by atoms with Gasteiger partial charge in [0.05, 0.1) is 24.7 Å². The zero-order valence-corrected chi connectivity index (χ0v) is 16.2. The molecule has 1 heterocycles. The monoisotopic (exact) mass is 386 g/mol. The average Bonchev–Trinajstić information content (AvgIpc) is 3.19.